The molecule has 0 heterocycles. The average Bonchev–Trinajstić information content (AvgIpc) is 2.45. The highest BCUT2D eigenvalue weighted by molar-refractivity contribution is 6.31. The Bertz CT molecular complexity index is 659. The predicted molar refractivity (Wildman–Crippen MR) is 91.0 cm³/mol. The maximum absolute atomic E-state index is 11.8. The molecular weight excluding hydrogens is 321 g/mol. The zero-order chi connectivity index (χ0) is 15.9. The number of nitrogens with one attached hydrogen (secondary N) is 1. The molecule has 0 spiro atoms. The number of carbonyl (C=O) groups is 1. The summed E-state index contributed by atoms with van der Waals surface area (Å²) in [6.45, 7) is 2.42. The van der Waals surface area contributed by atoms with E-state index in [1.807, 2.05) is 19.1 Å². The van der Waals surface area contributed by atoms with E-state index < -0.39 is 0 Å². The van der Waals surface area contributed by atoms with Crippen molar-refractivity contribution in [3.8, 4) is 5.75 Å². The van der Waals surface area contributed by atoms with E-state index in [1.165, 1.54) is 0 Å². The summed E-state index contributed by atoms with van der Waals surface area (Å²) in [4.78, 5) is 11.8. The highest BCUT2D eigenvalue weighted by atomic mass is 35.5. The monoisotopic (exact) mass is 337 g/mol. The maximum atomic E-state index is 11.8. The number of rotatable bonds is 6. The molecule has 0 saturated carbocycles. The fourth-order valence-electron chi connectivity index (χ4n) is 1.98. The molecule has 0 atom stereocenters. The van der Waals surface area contributed by atoms with Crippen molar-refractivity contribution in [1.82, 2.24) is 0 Å². The molecule has 0 saturated heterocycles. The van der Waals surface area contributed by atoms with Gasteiger partial charge in [0, 0.05) is 22.2 Å². The lowest BCUT2D eigenvalue weighted by atomic mass is 10.2. The number of hydrogen-bond donors (Lipinski definition) is 1. The summed E-state index contributed by atoms with van der Waals surface area (Å²) in [6.07, 6.45) is 1.02. The number of hydrogen-bond acceptors (Lipinski definition) is 2. The van der Waals surface area contributed by atoms with Gasteiger partial charge in [0.1, 0.15) is 5.75 Å². The zero-order valence-electron chi connectivity index (χ0n) is 12.2. The zero-order valence-corrected chi connectivity index (χ0v) is 13.7. The van der Waals surface area contributed by atoms with Crippen LogP contribution < -0.4 is 10.1 Å². The highest BCUT2D eigenvalue weighted by Gasteiger charge is 2.04. The van der Waals surface area contributed by atoms with E-state index in [0.717, 1.165) is 11.3 Å². The van der Waals surface area contributed by atoms with Gasteiger partial charge in [-0.25, -0.2) is 0 Å². The minimum Gasteiger partial charge on any atom is -0.493 e. The van der Waals surface area contributed by atoms with Crippen molar-refractivity contribution in [2.24, 2.45) is 0 Å². The van der Waals surface area contributed by atoms with E-state index in [1.54, 1.807) is 30.3 Å². The van der Waals surface area contributed by atoms with Gasteiger partial charge in [0.15, 0.2) is 0 Å². The molecule has 1 amide bonds. The van der Waals surface area contributed by atoms with Gasteiger partial charge in [0.2, 0.25) is 5.91 Å². The molecule has 0 aliphatic carbocycles. The first kappa shape index (κ1) is 16.7. The molecule has 2 aromatic carbocycles. The summed E-state index contributed by atoms with van der Waals surface area (Å²) in [6, 6.07) is 12.6. The van der Waals surface area contributed by atoms with Gasteiger partial charge in [-0.1, -0.05) is 29.3 Å². The minimum absolute atomic E-state index is 0.0568. The molecule has 0 radical (unpaired) electrons. The van der Waals surface area contributed by atoms with Crippen molar-refractivity contribution in [3.63, 3.8) is 0 Å². The van der Waals surface area contributed by atoms with E-state index in [-0.39, 0.29) is 5.91 Å². The number of ether oxygens (including phenoxy) is 1. The standard InChI is InChI=1S/C17H17Cl2NO2/c1-12-10-14(19)7-8-16(12)22-9-3-6-17(21)20-15-5-2-4-13(18)11-15/h2,4-5,7-8,10-11H,3,6,9H2,1H3,(H,20,21). The summed E-state index contributed by atoms with van der Waals surface area (Å²) in [7, 11) is 0. The smallest absolute Gasteiger partial charge is 0.224 e. The maximum Gasteiger partial charge on any atom is 0.224 e. The van der Waals surface area contributed by atoms with Crippen molar-refractivity contribution in [2.45, 2.75) is 19.8 Å². The van der Waals surface area contributed by atoms with Crippen LogP contribution in [0.2, 0.25) is 10.0 Å². The molecule has 0 aliphatic rings. The van der Waals surface area contributed by atoms with Gasteiger partial charge in [-0.2, -0.15) is 0 Å². The molecule has 116 valence electrons. The largest absolute Gasteiger partial charge is 0.493 e. The Morgan fingerprint density at radius 3 is 2.64 bits per heavy atom. The molecule has 0 fully saturated rings. The van der Waals surface area contributed by atoms with Gasteiger partial charge >= 0.3 is 0 Å². The number of halogens is 2. The van der Waals surface area contributed by atoms with Gasteiger partial charge in [-0.15, -0.1) is 0 Å². The summed E-state index contributed by atoms with van der Waals surface area (Å²) >= 11 is 11.8. The fraction of sp³-hybridized carbons (Fsp3) is 0.235. The SMILES string of the molecule is Cc1cc(Cl)ccc1OCCCC(=O)Nc1cccc(Cl)c1. The van der Waals surface area contributed by atoms with Crippen molar-refractivity contribution in [3.05, 3.63) is 58.1 Å². The Kier molecular flexibility index (Phi) is 6.10. The summed E-state index contributed by atoms with van der Waals surface area (Å²) in [5.74, 6) is 0.735. The van der Waals surface area contributed by atoms with Crippen LogP contribution in [0.25, 0.3) is 0 Å². The van der Waals surface area contributed by atoms with Crippen molar-refractivity contribution < 1.29 is 9.53 Å². The number of carbonyl (C=O) groups excluding carboxylic acids is 1. The van der Waals surface area contributed by atoms with Gasteiger partial charge < -0.3 is 10.1 Å². The van der Waals surface area contributed by atoms with Crippen LogP contribution >= 0.6 is 23.2 Å². The molecule has 2 aromatic rings. The van der Waals surface area contributed by atoms with Crippen LogP contribution in [0, 0.1) is 6.92 Å². The van der Waals surface area contributed by atoms with E-state index in [2.05, 4.69) is 5.32 Å². The number of amides is 1. The van der Waals surface area contributed by atoms with Crippen molar-refractivity contribution in [2.75, 3.05) is 11.9 Å². The average molecular weight is 338 g/mol. The molecule has 5 heteroatoms. The normalized spacial score (nSPS) is 10.3. The Morgan fingerprint density at radius 2 is 1.91 bits per heavy atom. The minimum atomic E-state index is -0.0568. The van der Waals surface area contributed by atoms with Crippen LogP contribution in [0.1, 0.15) is 18.4 Å². The van der Waals surface area contributed by atoms with Crippen LogP contribution in [-0.2, 0) is 4.79 Å². The third kappa shape index (κ3) is 5.24. The van der Waals surface area contributed by atoms with Crippen LogP contribution in [0.15, 0.2) is 42.5 Å². The van der Waals surface area contributed by atoms with Crippen molar-refractivity contribution >= 4 is 34.8 Å². The van der Waals surface area contributed by atoms with Crippen LogP contribution in [-0.4, -0.2) is 12.5 Å². The molecule has 3 nitrogen and oxygen atoms in total. The van der Waals surface area contributed by atoms with Gasteiger partial charge in [-0.05, 0) is 55.3 Å². The van der Waals surface area contributed by atoms with Crippen LogP contribution in [0.5, 0.6) is 5.75 Å². The Morgan fingerprint density at radius 1 is 1.14 bits per heavy atom. The molecule has 0 bridgehead atoms. The molecular formula is C17H17Cl2NO2. The Balaban J connectivity index is 1.73. The molecule has 0 aromatic heterocycles. The first-order chi connectivity index (χ1) is 10.5. The second-order valence-electron chi connectivity index (χ2n) is 4.92. The molecule has 1 N–H and O–H groups in total. The number of anilines is 1. The fourth-order valence-corrected chi connectivity index (χ4v) is 2.40. The van der Waals surface area contributed by atoms with E-state index in [9.17, 15) is 4.79 Å². The van der Waals surface area contributed by atoms with E-state index in [4.69, 9.17) is 27.9 Å². The quantitative estimate of drug-likeness (QED) is 0.744. The predicted octanol–water partition coefficient (Wildman–Crippen LogP) is 5.10. The number of aryl methyl sites for hydroxylation is 1. The Hall–Kier alpha value is -1.71. The molecule has 22 heavy (non-hydrogen) atoms. The van der Waals surface area contributed by atoms with Crippen LogP contribution in [0.3, 0.4) is 0 Å². The molecule has 0 aliphatic heterocycles. The van der Waals surface area contributed by atoms with Crippen LogP contribution in [0.4, 0.5) is 5.69 Å². The molecule has 0 unspecified atom stereocenters. The molecule has 2 rings (SSSR count). The summed E-state index contributed by atoms with van der Waals surface area (Å²) < 4.78 is 5.65. The summed E-state index contributed by atoms with van der Waals surface area (Å²) in [5, 5.41) is 4.09. The van der Waals surface area contributed by atoms with Gasteiger partial charge in [-0.3, -0.25) is 4.79 Å². The second kappa shape index (κ2) is 8.06. The lowest BCUT2D eigenvalue weighted by molar-refractivity contribution is -0.116. The van der Waals surface area contributed by atoms with E-state index in [0.29, 0.717) is 35.2 Å². The third-order valence-electron chi connectivity index (χ3n) is 3.05. The lowest BCUT2D eigenvalue weighted by Crippen LogP contribution is -2.12. The lowest BCUT2D eigenvalue weighted by Gasteiger charge is -2.09. The van der Waals surface area contributed by atoms with E-state index >= 15 is 0 Å². The van der Waals surface area contributed by atoms with Gasteiger partial charge in [0.25, 0.3) is 0 Å². The van der Waals surface area contributed by atoms with Crippen molar-refractivity contribution in [1.29, 1.82) is 0 Å². The first-order valence-electron chi connectivity index (χ1n) is 6.99. The topological polar surface area (TPSA) is 38.3 Å². The Labute approximate surface area is 140 Å². The third-order valence-corrected chi connectivity index (χ3v) is 3.52. The number of benzene rings is 2. The summed E-state index contributed by atoms with van der Waals surface area (Å²) in [5.41, 5.74) is 1.68. The van der Waals surface area contributed by atoms with Gasteiger partial charge in [0.05, 0.1) is 6.61 Å². The highest BCUT2D eigenvalue weighted by Crippen LogP contribution is 2.22. The second-order valence-corrected chi connectivity index (χ2v) is 5.79. The first-order valence-corrected chi connectivity index (χ1v) is 7.74.